The molecule has 0 bridgehead atoms. The average Bonchev–Trinajstić information content (AvgIpc) is 3.44. The van der Waals surface area contributed by atoms with Gasteiger partial charge in [0.25, 0.3) is 0 Å². The summed E-state index contributed by atoms with van der Waals surface area (Å²) in [5.74, 6) is -0.850. The molecule has 0 spiro atoms. The molecule has 0 saturated heterocycles. The zero-order chi connectivity index (χ0) is 56.4. The largest absolute Gasteiger partial charge is 0.462 e. The normalized spacial score (nSPS) is 12.1. The molecule has 6 nitrogen and oxygen atoms in total. The first-order valence-corrected chi connectivity index (χ1v) is 35.3. The van der Waals surface area contributed by atoms with Gasteiger partial charge in [0, 0.05) is 19.3 Å². The lowest BCUT2D eigenvalue weighted by molar-refractivity contribution is -0.167. The molecule has 0 heterocycles. The van der Waals surface area contributed by atoms with Crippen molar-refractivity contribution in [3.63, 3.8) is 0 Å². The Labute approximate surface area is 487 Å². The van der Waals surface area contributed by atoms with Crippen LogP contribution < -0.4 is 0 Å². The molecule has 78 heavy (non-hydrogen) atoms. The number of allylic oxidation sites excluding steroid dienone is 4. The number of carbonyl (C=O) groups is 3. The van der Waals surface area contributed by atoms with Crippen molar-refractivity contribution in [1.29, 1.82) is 0 Å². The summed E-state index contributed by atoms with van der Waals surface area (Å²) in [6.45, 7) is 6.62. The van der Waals surface area contributed by atoms with E-state index in [1.807, 2.05) is 0 Å². The number of hydrogen-bond acceptors (Lipinski definition) is 6. The zero-order valence-corrected chi connectivity index (χ0v) is 53.0. The Morgan fingerprint density at radius 3 is 0.705 bits per heavy atom. The van der Waals surface area contributed by atoms with E-state index in [0.717, 1.165) is 70.6 Å². The van der Waals surface area contributed by atoms with E-state index in [1.165, 1.54) is 289 Å². The molecule has 0 aliphatic heterocycles. The molecule has 0 fully saturated rings. The SMILES string of the molecule is CCCCCCC/C=C\C/C=C\CCCCCCCCCCCCCCCCCCCCCC(=O)OCC(COC(=O)CCCCCCC)OC(=O)CCCCCCCCCCCCCCCCCCCCCCCCCC. The van der Waals surface area contributed by atoms with Crippen LogP contribution in [0.15, 0.2) is 24.3 Å². The molecule has 1 unspecified atom stereocenters. The summed E-state index contributed by atoms with van der Waals surface area (Å²) in [4.78, 5) is 38.0. The highest BCUT2D eigenvalue weighted by atomic mass is 16.6. The Kier molecular flexibility index (Phi) is 65.6. The van der Waals surface area contributed by atoms with Crippen molar-refractivity contribution in [2.45, 2.75) is 406 Å². The summed E-state index contributed by atoms with van der Waals surface area (Å²) < 4.78 is 16.8. The second-order valence-corrected chi connectivity index (χ2v) is 24.2. The van der Waals surface area contributed by atoms with Crippen molar-refractivity contribution < 1.29 is 28.6 Å². The van der Waals surface area contributed by atoms with Gasteiger partial charge in [-0.25, -0.2) is 0 Å². The molecule has 0 aliphatic carbocycles. The fourth-order valence-corrected chi connectivity index (χ4v) is 10.9. The van der Waals surface area contributed by atoms with Crippen LogP contribution in [-0.4, -0.2) is 37.2 Å². The second kappa shape index (κ2) is 67.4. The van der Waals surface area contributed by atoms with Gasteiger partial charge in [0.05, 0.1) is 0 Å². The van der Waals surface area contributed by atoms with E-state index < -0.39 is 6.10 Å². The number of esters is 3. The number of ether oxygens (including phenoxy) is 3. The minimum absolute atomic E-state index is 0.0649. The molecule has 0 radical (unpaired) electrons. The standard InChI is InChI=1S/C72H136O6/c1-4-7-10-13-15-17-19-21-23-25-27-29-31-33-34-35-36-37-38-39-41-42-44-46-48-50-52-54-56-59-62-65-71(74)77-68-69(67-76-70(73)64-61-58-12-9-6-3)78-72(75)66-63-60-57-55-53-51-49-47-45-43-40-32-30-28-26-24-22-20-18-16-14-11-8-5-2/h19,21,25,27,69H,4-18,20,22-24,26,28-68H2,1-3H3/b21-19-,27-25-. The highest BCUT2D eigenvalue weighted by Gasteiger charge is 2.19. The van der Waals surface area contributed by atoms with E-state index in [4.69, 9.17) is 14.2 Å². The van der Waals surface area contributed by atoms with Crippen LogP contribution in [0, 0.1) is 0 Å². The maximum absolute atomic E-state index is 12.9. The third-order valence-electron chi connectivity index (χ3n) is 16.2. The first kappa shape index (κ1) is 75.9. The smallest absolute Gasteiger partial charge is 0.306 e. The molecular formula is C72H136O6. The van der Waals surface area contributed by atoms with Crippen LogP contribution in [0.3, 0.4) is 0 Å². The third kappa shape index (κ3) is 64.7. The van der Waals surface area contributed by atoms with Gasteiger partial charge in [-0.3, -0.25) is 14.4 Å². The van der Waals surface area contributed by atoms with E-state index in [-0.39, 0.29) is 31.1 Å². The molecule has 0 aliphatic rings. The summed E-state index contributed by atoms with van der Waals surface area (Å²) in [5, 5.41) is 0. The van der Waals surface area contributed by atoms with Crippen molar-refractivity contribution in [2.24, 2.45) is 0 Å². The quantitative estimate of drug-likeness (QED) is 0.0261. The van der Waals surface area contributed by atoms with Crippen LogP contribution in [-0.2, 0) is 28.6 Å². The van der Waals surface area contributed by atoms with Crippen LogP contribution in [0.25, 0.3) is 0 Å². The first-order chi connectivity index (χ1) is 38.5. The molecule has 0 aromatic carbocycles. The summed E-state index contributed by atoms with van der Waals surface area (Å²) in [5.41, 5.74) is 0. The summed E-state index contributed by atoms with van der Waals surface area (Å²) in [6, 6.07) is 0. The monoisotopic (exact) mass is 1100 g/mol. The molecule has 0 rings (SSSR count). The lowest BCUT2D eigenvalue weighted by atomic mass is 10.0. The van der Waals surface area contributed by atoms with Gasteiger partial charge >= 0.3 is 17.9 Å². The minimum Gasteiger partial charge on any atom is -0.462 e. The molecule has 0 amide bonds. The second-order valence-electron chi connectivity index (χ2n) is 24.2. The molecule has 0 aromatic rings. The molecule has 6 heteroatoms. The number of unbranched alkanes of at least 4 members (excludes halogenated alkanes) is 51. The van der Waals surface area contributed by atoms with Gasteiger partial charge in [0.15, 0.2) is 6.10 Å². The fraction of sp³-hybridized carbons (Fsp3) is 0.903. The maximum atomic E-state index is 12.9. The van der Waals surface area contributed by atoms with Gasteiger partial charge in [-0.15, -0.1) is 0 Å². The Morgan fingerprint density at radius 2 is 0.462 bits per heavy atom. The molecule has 0 saturated carbocycles. The average molecular weight is 1100 g/mol. The Morgan fingerprint density at radius 1 is 0.256 bits per heavy atom. The van der Waals surface area contributed by atoms with Crippen LogP contribution >= 0.6 is 0 Å². The zero-order valence-electron chi connectivity index (χ0n) is 53.0. The molecule has 0 N–H and O–H groups in total. The van der Waals surface area contributed by atoms with E-state index in [0.29, 0.717) is 19.3 Å². The Bertz CT molecular complexity index is 1260. The predicted octanol–water partition coefficient (Wildman–Crippen LogP) is 24.2. The summed E-state index contributed by atoms with van der Waals surface area (Å²) in [7, 11) is 0. The summed E-state index contributed by atoms with van der Waals surface area (Å²) in [6.07, 6.45) is 82.7. The third-order valence-corrected chi connectivity index (χ3v) is 16.2. The molecule has 460 valence electrons. The highest BCUT2D eigenvalue weighted by Crippen LogP contribution is 2.19. The number of rotatable bonds is 66. The number of hydrogen-bond donors (Lipinski definition) is 0. The van der Waals surface area contributed by atoms with Crippen molar-refractivity contribution >= 4 is 17.9 Å². The van der Waals surface area contributed by atoms with Crippen LogP contribution in [0.5, 0.6) is 0 Å². The maximum Gasteiger partial charge on any atom is 0.306 e. The van der Waals surface area contributed by atoms with Gasteiger partial charge in [-0.1, -0.05) is 353 Å². The lowest BCUT2D eigenvalue weighted by Gasteiger charge is -2.18. The van der Waals surface area contributed by atoms with Gasteiger partial charge in [-0.05, 0) is 51.4 Å². The van der Waals surface area contributed by atoms with Crippen LogP contribution in [0.4, 0.5) is 0 Å². The van der Waals surface area contributed by atoms with Crippen LogP contribution in [0.1, 0.15) is 400 Å². The van der Waals surface area contributed by atoms with E-state index >= 15 is 0 Å². The molecule has 1 atom stereocenters. The summed E-state index contributed by atoms with van der Waals surface area (Å²) >= 11 is 0. The molecule has 0 aromatic heterocycles. The van der Waals surface area contributed by atoms with E-state index in [2.05, 4.69) is 45.1 Å². The van der Waals surface area contributed by atoms with E-state index in [9.17, 15) is 14.4 Å². The van der Waals surface area contributed by atoms with Crippen molar-refractivity contribution in [3.8, 4) is 0 Å². The Balaban J connectivity index is 3.90. The predicted molar refractivity (Wildman–Crippen MR) is 340 cm³/mol. The van der Waals surface area contributed by atoms with Crippen molar-refractivity contribution in [3.05, 3.63) is 24.3 Å². The fourth-order valence-electron chi connectivity index (χ4n) is 10.9. The minimum atomic E-state index is -0.764. The van der Waals surface area contributed by atoms with Gasteiger partial charge in [0.2, 0.25) is 0 Å². The van der Waals surface area contributed by atoms with Crippen LogP contribution in [0.2, 0.25) is 0 Å². The first-order valence-electron chi connectivity index (χ1n) is 35.3. The van der Waals surface area contributed by atoms with E-state index in [1.54, 1.807) is 0 Å². The van der Waals surface area contributed by atoms with Crippen molar-refractivity contribution in [2.75, 3.05) is 13.2 Å². The van der Waals surface area contributed by atoms with Gasteiger partial charge in [0.1, 0.15) is 13.2 Å². The number of carbonyl (C=O) groups excluding carboxylic acids is 3. The lowest BCUT2D eigenvalue weighted by Crippen LogP contribution is -2.30. The molecular weight excluding hydrogens is 961 g/mol. The van der Waals surface area contributed by atoms with Gasteiger partial charge in [-0.2, -0.15) is 0 Å². The van der Waals surface area contributed by atoms with Gasteiger partial charge < -0.3 is 14.2 Å². The van der Waals surface area contributed by atoms with Crippen molar-refractivity contribution in [1.82, 2.24) is 0 Å². The topological polar surface area (TPSA) is 78.9 Å². The highest BCUT2D eigenvalue weighted by molar-refractivity contribution is 5.71. The Hall–Kier alpha value is -2.11.